The van der Waals surface area contributed by atoms with Crippen molar-refractivity contribution in [1.82, 2.24) is 19.4 Å². The molecule has 0 amide bonds. The third kappa shape index (κ3) is 7.23. The molecule has 2 saturated heterocycles. The average Bonchev–Trinajstić information content (AvgIpc) is 3.56. The van der Waals surface area contributed by atoms with Crippen molar-refractivity contribution >= 4 is 12.0 Å². The van der Waals surface area contributed by atoms with E-state index in [0.29, 0.717) is 17.9 Å². The highest BCUT2D eigenvalue weighted by molar-refractivity contribution is 5.74. The molecule has 0 radical (unpaired) electrons. The smallest absolute Gasteiger partial charge is 0.321 e. The maximum atomic E-state index is 11.8. The van der Waals surface area contributed by atoms with E-state index >= 15 is 0 Å². The van der Waals surface area contributed by atoms with Crippen molar-refractivity contribution < 1.29 is 9.90 Å². The molecule has 3 heterocycles. The number of piperidine rings is 1. The third-order valence-electron chi connectivity index (χ3n) is 8.73. The van der Waals surface area contributed by atoms with Crippen LogP contribution in [0.5, 0.6) is 0 Å². The quantitative estimate of drug-likeness (QED) is 0.445. The van der Waals surface area contributed by atoms with Gasteiger partial charge in [0.25, 0.3) is 0 Å². The molecule has 0 spiro atoms. The van der Waals surface area contributed by atoms with Gasteiger partial charge in [-0.3, -0.25) is 9.69 Å². The molecule has 2 aromatic rings. The van der Waals surface area contributed by atoms with Crippen LogP contribution in [0.25, 0.3) is 6.08 Å². The summed E-state index contributed by atoms with van der Waals surface area (Å²) in [4.78, 5) is 20.8. The molecule has 1 aromatic heterocycles. The minimum atomic E-state index is -0.615. The maximum Gasteiger partial charge on any atom is 0.321 e. The first-order chi connectivity index (χ1) is 18.5. The molecule has 1 N–H and O–H groups in total. The van der Waals surface area contributed by atoms with Crippen molar-refractivity contribution in [2.45, 2.75) is 76.3 Å². The molecule has 38 heavy (non-hydrogen) atoms. The Morgan fingerprint density at radius 1 is 1.05 bits per heavy atom. The number of aliphatic carboxylic acids is 1. The lowest BCUT2D eigenvalue weighted by Gasteiger charge is -2.33. The summed E-state index contributed by atoms with van der Waals surface area (Å²) in [5, 5.41) is 9.70. The lowest BCUT2D eigenvalue weighted by molar-refractivity contribution is -0.145. The van der Waals surface area contributed by atoms with Crippen LogP contribution in [-0.2, 0) is 4.79 Å². The van der Waals surface area contributed by atoms with Crippen molar-refractivity contribution in [1.29, 1.82) is 0 Å². The summed E-state index contributed by atoms with van der Waals surface area (Å²) < 4.78 is 2.32. The number of carboxylic acid groups (broad SMARTS) is 1. The molecule has 1 unspecified atom stereocenters. The van der Waals surface area contributed by atoms with E-state index in [1.54, 1.807) is 0 Å². The fourth-order valence-corrected chi connectivity index (χ4v) is 6.54. The van der Waals surface area contributed by atoms with Crippen LogP contribution in [0.2, 0.25) is 0 Å². The van der Waals surface area contributed by atoms with E-state index < -0.39 is 5.97 Å². The van der Waals surface area contributed by atoms with Gasteiger partial charge in [0.15, 0.2) is 0 Å². The van der Waals surface area contributed by atoms with E-state index in [-0.39, 0.29) is 6.04 Å². The van der Waals surface area contributed by atoms with Gasteiger partial charge in [-0.05, 0) is 89.2 Å². The van der Waals surface area contributed by atoms with Gasteiger partial charge in [0.1, 0.15) is 6.04 Å². The Hall–Kier alpha value is -2.70. The fourth-order valence-electron chi connectivity index (χ4n) is 6.54. The normalized spacial score (nSPS) is 22.7. The molecule has 1 aliphatic carbocycles. The van der Waals surface area contributed by atoms with Gasteiger partial charge in [-0.25, -0.2) is 4.98 Å². The number of nitrogens with zero attached hydrogens (tertiary/aromatic N) is 4. The van der Waals surface area contributed by atoms with Crippen molar-refractivity contribution in [3.8, 4) is 0 Å². The molecule has 0 bridgehead atoms. The van der Waals surface area contributed by atoms with E-state index in [0.717, 1.165) is 38.0 Å². The molecule has 6 heteroatoms. The fraction of sp³-hybridized carbons (Fsp3) is 0.562. The first-order valence-electron chi connectivity index (χ1n) is 14.5. The second-order valence-electron chi connectivity index (χ2n) is 11.3. The lowest BCUT2D eigenvalue weighted by Crippen LogP contribution is -2.45. The summed E-state index contributed by atoms with van der Waals surface area (Å²) in [5.41, 5.74) is 3.68. The predicted octanol–water partition coefficient (Wildman–Crippen LogP) is 6.17. The van der Waals surface area contributed by atoms with Gasteiger partial charge in [0.05, 0.1) is 17.7 Å². The zero-order chi connectivity index (χ0) is 26.9. The van der Waals surface area contributed by atoms with Gasteiger partial charge in [0, 0.05) is 12.6 Å². The molecule has 2 atom stereocenters. The van der Waals surface area contributed by atoms with Crippen molar-refractivity contribution in [3.05, 3.63) is 72.3 Å². The van der Waals surface area contributed by atoms with E-state index in [4.69, 9.17) is 0 Å². The Balaban J connectivity index is 0.000000181. The third-order valence-corrected chi connectivity index (χ3v) is 8.73. The summed E-state index contributed by atoms with van der Waals surface area (Å²) in [7, 11) is 2.19. The largest absolute Gasteiger partial charge is 0.480 e. The molecule has 206 valence electrons. The van der Waals surface area contributed by atoms with Crippen molar-refractivity contribution in [2.75, 3.05) is 33.2 Å². The Morgan fingerprint density at radius 3 is 2.42 bits per heavy atom. The molecule has 5 rings (SSSR count). The van der Waals surface area contributed by atoms with E-state index in [2.05, 4.69) is 70.2 Å². The molecule has 6 nitrogen and oxygen atoms in total. The summed E-state index contributed by atoms with van der Waals surface area (Å²) in [6.07, 6.45) is 17.2. The van der Waals surface area contributed by atoms with E-state index in [1.165, 1.54) is 56.5 Å². The molecule has 3 fully saturated rings. The van der Waals surface area contributed by atoms with E-state index in [1.807, 2.05) is 24.5 Å². The number of likely N-dealkylation sites (tertiary alicyclic amines) is 2. The number of carbonyl (C=O) groups is 1. The molecule has 3 aliphatic rings. The van der Waals surface area contributed by atoms with Crippen LogP contribution in [0.4, 0.5) is 0 Å². The number of allylic oxidation sites excluding steroid dienone is 2. The van der Waals surface area contributed by atoms with Crippen LogP contribution >= 0.6 is 0 Å². The number of hydrogen-bond acceptors (Lipinski definition) is 4. The second kappa shape index (κ2) is 13.9. The van der Waals surface area contributed by atoms with Gasteiger partial charge in [-0.2, -0.15) is 0 Å². The van der Waals surface area contributed by atoms with Gasteiger partial charge < -0.3 is 14.6 Å². The van der Waals surface area contributed by atoms with Crippen molar-refractivity contribution in [2.24, 2.45) is 5.92 Å². The number of hydrogen-bond donors (Lipinski definition) is 1. The van der Waals surface area contributed by atoms with E-state index in [9.17, 15) is 9.90 Å². The van der Waals surface area contributed by atoms with Crippen LogP contribution in [0.3, 0.4) is 0 Å². The second-order valence-corrected chi connectivity index (χ2v) is 11.3. The number of aromatic nitrogens is 2. The standard InChI is InChI=1S/C18H25NO2.C14H21N3/c20-18(21)17(15-9-5-2-6-10-15)19-12-11-16(13-19)14-7-3-1-4-8-14;1-4-5-6-14-12(2)15-11-17(14)13-7-9-16(3)10-8-13/h1,3-4,7-8,15-17H,2,5-6,9-13H2,(H,20,21);4-6,11,13H,1,7-10H2,2-3H3/b;6-5-/t16?,17-;/m1./s1. The summed E-state index contributed by atoms with van der Waals surface area (Å²) in [6, 6.07) is 10.9. The number of aryl methyl sites for hydroxylation is 1. The van der Waals surface area contributed by atoms with Crippen LogP contribution in [0.1, 0.15) is 80.3 Å². The summed E-state index contributed by atoms with van der Waals surface area (Å²) in [5.74, 6) is 0.234. The Bertz CT molecular complexity index is 1050. The predicted molar refractivity (Wildman–Crippen MR) is 155 cm³/mol. The summed E-state index contributed by atoms with van der Waals surface area (Å²) >= 11 is 0. The van der Waals surface area contributed by atoms with Gasteiger partial charge in [-0.15, -0.1) is 0 Å². The van der Waals surface area contributed by atoms with Crippen LogP contribution in [0.15, 0.2) is 55.4 Å². The first-order valence-corrected chi connectivity index (χ1v) is 14.5. The zero-order valence-corrected chi connectivity index (χ0v) is 23.3. The monoisotopic (exact) mass is 518 g/mol. The van der Waals surface area contributed by atoms with Gasteiger partial charge in [0.2, 0.25) is 0 Å². The Kier molecular flexibility index (Phi) is 10.4. The minimum absolute atomic E-state index is 0.265. The van der Waals surface area contributed by atoms with Crippen LogP contribution in [0, 0.1) is 12.8 Å². The van der Waals surface area contributed by atoms with Gasteiger partial charge >= 0.3 is 5.97 Å². The molecular weight excluding hydrogens is 472 g/mol. The first kappa shape index (κ1) is 28.3. The topological polar surface area (TPSA) is 61.6 Å². The zero-order valence-electron chi connectivity index (χ0n) is 23.3. The molecule has 1 saturated carbocycles. The highest BCUT2D eigenvalue weighted by Crippen LogP contribution is 2.34. The van der Waals surface area contributed by atoms with Crippen LogP contribution < -0.4 is 0 Å². The minimum Gasteiger partial charge on any atom is -0.480 e. The lowest BCUT2D eigenvalue weighted by atomic mass is 9.83. The van der Waals surface area contributed by atoms with Crippen molar-refractivity contribution in [3.63, 3.8) is 0 Å². The highest BCUT2D eigenvalue weighted by atomic mass is 16.4. The number of imidazole rings is 1. The highest BCUT2D eigenvalue weighted by Gasteiger charge is 2.38. The number of carboxylic acids is 1. The molecular formula is C32H46N4O2. The number of rotatable bonds is 7. The maximum absolute atomic E-state index is 11.8. The van der Waals surface area contributed by atoms with Crippen LogP contribution in [-0.4, -0.2) is 69.7 Å². The molecule has 2 aliphatic heterocycles. The Morgan fingerprint density at radius 2 is 1.76 bits per heavy atom. The van der Waals surface area contributed by atoms with Gasteiger partial charge in [-0.1, -0.05) is 68.3 Å². The average molecular weight is 519 g/mol. The Labute approximate surface area is 229 Å². The number of benzene rings is 1. The summed E-state index contributed by atoms with van der Waals surface area (Å²) in [6.45, 7) is 9.95. The SMILES string of the molecule is C=C/C=C\c1c(C)ncn1C1CCN(C)CC1.O=C(O)[C@@H](C1CCCCC1)N1CCC(c2ccccc2)C1. The molecule has 1 aromatic carbocycles.